The summed E-state index contributed by atoms with van der Waals surface area (Å²) in [5.41, 5.74) is -1.52. The van der Waals surface area contributed by atoms with Gasteiger partial charge in [-0.3, -0.25) is 19.5 Å². The third-order valence-corrected chi connectivity index (χ3v) is 4.70. The lowest BCUT2D eigenvalue weighted by Gasteiger charge is -2.09. The molecule has 2 N–H and O–H groups in total. The van der Waals surface area contributed by atoms with Crippen molar-refractivity contribution in [2.24, 2.45) is 0 Å². The zero-order chi connectivity index (χ0) is 22.0. The fraction of sp³-hybridized carbons (Fsp3) is 0.190. The average Bonchev–Trinajstić information content (AvgIpc) is 3.09. The quantitative estimate of drug-likeness (QED) is 0.575. The lowest BCUT2D eigenvalue weighted by Crippen LogP contribution is -2.22. The van der Waals surface area contributed by atoms with Crippen molar-refractivity contribution >= 4 is 11.8 Å². The van der Waals surface area contributed by atoms with Gasteiger partial charge in [0.25, 0.3) is 5.56 Å². The highest BCUT2D eigenvalue weighted by Gasteiger charge is 2.31. The molecule has 0 radical (unpaired) electrons. The summed E-state index contributed by atoms with van der Waals surface area (Å²) in [7, 11) is 2.76. The van der Waals surface area contributed by atoms with Crippen molar-refractivity contribution in [3.63, 3.8) is 0 Å². The number of carbonyl (C=O) groups is 2. The minimum Gasteiger partial charge on any atom is -0.497 e. The summed E-state index contributed by atoms with van der Waals surface area (Å²) >= 11 is 0. The number of carboxylic acids is 1. The summed E-state index contributed by atoms with van der Waals surface area (Å²) in [5.74, 6) is -3.79. The molecule has 156 valence electrons. The maximum absolute atomic E-state index is 14.5. The van der Waals surface area contributed by atoms with E-state index >= 15 is 0 Å². The van der Waals surface area contributed by atoms with Crippen LogP contribution in [0.5, 0.6) is 11.5 Å². The van der Waals surface area contributed by atoms with Crippen LogP contribution in [0, 0.1) is 5.82 Å². The number of aromatic nitrogens is 2. The largest absolute Gasteiger partial charge is 0.497 e. The Morgan fingerprint density at radius 3 is 2.43 bits per heavy atom. The first-order valence-corrected chi connectivity index (χ1v) is 8.89. The lowest BCUT2D eigenvalue weighted by molar-refractivity contribution is -0.138. The van der Waals surface area contributed by atoms with Crippen LogP contribution in [0.25, 0.3) is 5.69 Å². The van der Waals surface area contributed by atoms with E-state index in [1.54, 1.807) is 24.3 Å². The SMILES string of the molecule is COc1ccc(C(=O)c2c(C(C)C(=O)O)[nH]n(-c3ccccc3OC)c2=O)c(F)c1. The number of nitrogens with one attached hydrogen (secondary N) is 1. The molecule has 8 nitrogen and oxygen atoms in total. The maximum Gasteiger partial charge on any atom is 0.312 e. The third-order valence-electron chi connectivity index (χ3n) is 4.70. The number of hydrogen-bond acceptors (Lipinski definition) is 5. The van der Waals surface area contributed by atoms with Crippen LogP contribution in [0.4, 0.5) is 4.39 Å². The predicted octanol–water partition coefficient (Wildman–Crippen LogP) is 2.74. The number of nitrogens with zero attached hydrogens (tertiary/aromatic N) is 1. The zero-order valence-corrected chi connectivity index (χ0v) is 16.4. The molecule has 0 amide bonds. The number of halogens is 1. The van der Waals surface area contributed by atoms with Gasteiger partial charge < -0.3 is 14.6 Å². The van der Waals surface area contributed by atoms with Crippen LogP contribution < -0.4 is 15.0 Å². The van der Waals surface area contributed by atoms with E-state index in [9.17, 15) is 23.9 Å². The van der Waals surface area contributed by atoms with Gasteiger partial charge in [0.1, 0.15) is 28.6 Å². The standard InChI is InChI=1S/C21H19FN2O6/c1-11(21(27)28)18-17(19(25)13-9-8-12(29-2)10-14(13)22)20(26)24(23-18)15-6-4-5-7-16(15)30-3/h4-11,23H,1-3H3,(H,27,28). The Kier molecular flexibility index (Phi) is 5.72. The van der Waals surface area contributed by atoms with Crippen molar-refractivity contribution in [3.8, 4) is 17.2 Å². The second-order valence-corrected chi connectivity index (χ2v) is 6.45. The van der Waals surface area contributed by atoms with Gasteiger partial charge in [-0.1, -0.05) is 12.1 Å². The molecule has 1 unspecified atom stereocenters. The van der Waals surface area contributed by atoms with Crippen LogP contribution in [0.2, 0.25) is 0 Å². The summed E-state index contributed by atoms with van der Waals surface area (Å²) in [6.45, 7) is 1.32. The van der Waals surface area contributed by atoms with E-state index in [1.807, 2.05) is 0 Å². The first kappa shape index (κ1) is 20.8. The van der Waals surface area contributed by atoms with E-state index in [0.29, 0.717) is 5.75 Å². The topological polar surface area (TPSA) is 111 Å². The second kappa shape index (κ2) is 8.24. The number of carboxylic acid groups (broad SMARTS) is 1. The van der Waals surface area contributed by atoms with E-state index in [0.717, 1.165) is 10.7 Å². The molecule has 1 heterocycles. The summed E-state index contributed by atoms with van der Waals surface area (Å²) in [6.07, 6.45) is 0. The number of benzene rings is 2. The first-order chi connectivity index (χ1) is 14.3. The van der Waals surface area contributed by atoms with Crippen LogP contribution in [-0.2, 0) is 4.79 Å². The van der Waals surface area contributed by atoms with E-state index in [2.05, 4.69) is 5.10 Å². The lowest BCUT2D eigenvalue weighted by atomic mass is 9.97. The van der Waals surface area contributed by atoms with Gasteiger partial charge in [0.05, 0.1) is 31.4 Å². The molecule has 2 aromatic carbocycles. The first-order valence-electron chi connectivity index (χ1n) is 8.89. The minimum atomic E-state index is -1.26. The highest BCUT2D eigenvalue weighted by atomic mass is 19.1. The van der Waals surface area contributed by atoms with E-state index in [-0.39, 0.29) is 22.7 Å². The molecular weight excluding hydrogens is 395 g/mol. The molecule has 3 rings (SSSR count). The number of hydrogen-bond donors (Lipinski definition) is 2. The van der Waals surface area contributed by atoms with Crippen molar-refractivity contribution in [1.29, 1.82) is 0 Å². The molecule has 0 aliphatic rings. The van der Waals surface area contributed by atoms with Crippen molar-refractivity contribution in [2.45, 2.75) is 12.8 Å². The number of methoxy groups -OCH3 is 2. The molecule has 3 aromatic rings. The molecular formula is C21H19FN2O6. The fourth-order valence-electron chi connectivity index (χ4n) is 3.04. The normalized spacial score (nSPS) is 11.7. The molecule has 30 heavy (non-hydrogen) atoms. The summed E-state index contributed by atoms with van der Waals surface area (Å²) in [4.78, 5) is 37.8. The minimum absolute atomic E-state index is 0.140. The molecule has 0 bridgehead atoms. The van der Waals surface area contributed by atoms with Gasteiger partial charge in [-0.15, -0.1) is 0 Å². The van der Waals surface area contributed by atoms with Gasteiger partial charge in [-0.05, 0) is 31.2 Å². The zero-order valence-electron chi connectivity index (χ0n) is 16.4. The molecule has 0 aliphatic carbocycles. The van der Waals surface area contributed by atoms with Gasteiger partial charge in [-0.25, -0.2) is 9.07 Å². The molecule has 1 atom stereocenters. The van der Waals surface area contributed by atoms with Gasteiger partial charge in [0, 0.05) is 6.07 Å². The monoisotopic (exact) mass is 414 g/mol. The van der Waals surface area contributed by atoms with Gasteiger partial charge in [0.15, 0.2) is 0 Å². The van der Waals surface area contributed by atoms with E-state index in [4.69, 9.17) is 9.47 Å². The number of rotatable bonds is 7. The smallest absolute Gasteiger partial charge is 0.312 e. The second-order valence-electron chi connectivity index (χ2n) is 6.45. The Hall–Kier alpha value is -3.88. The van der Waals surface area contributed by atoms with Crippen LogP contribution in [0.15, 0.2) is 47.3 Å². The summed E-state index contributed by atoms with van der Waals surface area (Å²) in [5, 5.41) is 12.1. The van der Waals surface area contributed by atoms with Crippen molar-refractivity contribution < 1.29 is 28.6 Å². The molecule has 0 saturated carbocycles. The van der Waals surface area contributed by atoms with Gasteiger partial charge in [0.2, 0.25) is 5.78 Å². The Labute approximate surface area is 170 Å². The molecule has 0 aliphatic heterocycles. The summed E-state index contributed by atoms with van der Waals surface area (Å²) in [6, 6.07) is 10.1. The van der Waals surface area contributed by atoms with Crippen LogP contribution >= 0.6 is 0 Å². The van der Waals surface area contributed by atoms with Crippen LogP contribution in [0.1, 0.15) is 34.5 Å². The Bertz CT molecular complexity index is 1180. The number of H-pyrrole nitrogens is 1. The molecule has 0 spiro atoms. The highest BCUT2D eigenvalue weighted by molar-refractivity contribution is 6.10. The molecule has 0 saturated heterocycles. The Morgan fingerprint density at radius 1 is 1.13 bits per heavy atom. The number of ether oxygens (including phenoxy) is 2. The third kappa shape index (κ3) is 3.57. The predicted molar refractivity (Wildman–Crippen MR) is 105 cm³/mol. The number of ketones is 1. The van der Waals surface area contributed by atoms with Gasteiger partial charge in [-0.2, -0.15) is 0 Å². The number of para-hydroxylation sites is 2. The number of aromatic amines is 1. The average molecular weight is 414 g/mol. The van der Waals surface area contributed by atoms with Crippen molar-refractivity contribution in [3.05, 3.63) is 75.5 Å². The summed E-state index contributed by atoms with van der Waals surface area (Å²) < 4.78 is 25.7. The van der Waals surface area contributed by atoms with Gasteiger partial charge >= 0.3 is 5.97 Å². The van der Waals surface area contributed by atoms with Crippen molar-refractivity contribution in [1.82, 2.24) is 9.78 Å². The molecule has 9 heteroatoms. The number of aliphatic carboxylic acids is 1. The number of carbonyl (C=O) groups excluding carboxylic acids is 1. The van der Waals surface area contributed by atoms with Crippen molar-refractivity contribution in [2.75, 3.05) is 14.2 Å². The van der Waals surface area contributed by atoms with Crippen LogP contribution in [0.3, 0.4) is 0 Å². The molecule has 1 aromatic heterocycles. The van der Waals surface area contributed by atoms with Crippen LogP contribution in [-0.4, -0.2) is 40.9 Å². The van der Waals surface area contributed by atoms with E-state index in [1.165, 1.54) is 33.3 Å². The maximum atomic E-state index is 14.5. The fourth-order valence-corrected chi connectivity index (χ4v) is 3.04. The Balaban J connectivity index is 2.25. The molecule has 0 fully saturated rings. The Morgan fingerprint density at radius 2 is 1.83 bits per heavy atom. The highest BCUT2D eigenvalue weighted by Crippen LogP contribution is 2.26. The van der Waals surface area contributed by atoms with E-state index < -0.39 is 34.6 Å².